The maximum Gasteiger partial charge on any atom is 0.336 e. The number of pyridine rings is 1. The zero-order chi connectivity index (χ0) is 25.4. The molecule has 0 amide bonds. The maximum atomic E-state index is 14.8. The van der Waals surface area contributed by atoms with E-state index >= 15 is 0 Å². The van der Waals surface area contributed by atoms with Gasteiger partial charge in [-0.3, -0.25) is 19.4 Å². The van der Waals surface area contributed by atoms with Gasteiger partial charge in [-0.25, -0.2) is 24.0 Å². The van der Waals surface area contributed by atoms with Gasteiger partial charge in [0.25, 0.3) is 5.56 Å². The molecule has 0 aliphatic rings. The molecule has 0 bridgehead atoms. The first kappa shape index (κ1) is 25.0. The molecular weight excluding hydrogens is 463 g/mol. The predicted molar refractivity (Wildman–Crippen MR) is 130 cm³/mol. The van der Waals surface area contributed by atoms with E-state index < -0.39 is 35.7 Å². The molecule has 0 spiro atoms. The lowest BCUT2D eigenvalue weighted by molar-refractivity contribution is 0.212. The van der Waals surface area contributed by atoms with Gasteiger partial charge in [-0.15, -0.1) is 9.24 Å². The number of hydrogen-bond donors (Lipinski definition) is 2. The highest BCUT2D eigenvalue weighted by Gasteiger charge is 2.29. The molecule has 12 heteroatoms. The Bertz CT molecular complexity index is 1420. The minimum atomic E-state index is -1.89. The van der Waals surface area contributed by atoms with E-state index in [0.717, 1.165) is 20.2 Å². The van der Waals surface area contributed by atoms with E-state index in [1.807, 2.05) is 6.07 Å². The summed E-state index contributed by atoms with van der Waals surface area (Å²) in [7, 11) is 2.19. The highest BCUT2D eigenvalue weighted by atomic mass is 31.0. The smallest absolute Gasteiger partial charge is 0.336 e. The van der Waals surface area contributed by atoms with E-state index in [4.69, 9.17) is 11.6 Å². The van der Waals surface area contributed by atoms with Crippen LogP contribution in [0.15, 0.2) is 40.2 Å². The van der Waals surface area contributed by atoms with Gasteiger partial charge in [0, 0.05) is 24.0 Å². The Morgan fingerprint density at radius 1 is 1.26 bits per heavy atom. The summed E-state index contributed by atoms with van der Waals surface area (Å²) in [6.07, 6.45) is 2.40. The molecule has 0 saturated carbocycles. The van der Waals surface area contributed by atoms with E-state index in [2.05, 4.69) is 14.2 Å². The van der Waals surface area contributed by atoms with Gasteiger partial charge in [0.2, 0.25) is 0 Å². The Morgan fingerprint density at radius 2 is 1.94 bits per heavy atom. The summed E-state index contributed by atoms with van der Waals surface area (Å²) in [5.41, 5.74) is 2.69. The van der Waals surface area contributed by atoms with Crippen molar-refractivity contribution in [3.63, 3.8) is 0 Å². The number of hydrogen-bond acceptors (Lipinski definition) is 7. The summed E-state index contributed by atoms with van der Waals surface area (Å²) in [5.74, 6) is 5.62. The molecule has 0 aliphatic heterocycles. The fraction of sp³-hybridized carbons (Fsp3) is 0.273. The third-order valence-electron chi connectivity index (χ3n) is 5.01. The van der Waals surface area contributed by atoms with Gasteiger partial charge in [0.05, 0.1) is 35.0 Å². The van der Waals surface area contributed by atoms with Crippen LogP contribution < -0.4 is 33.1 Å². The van der Waals surface area contributed by atoms with E-state index in [1.165, 1.54) is 32.3 Å². The zero-order valence-corrected chi connectivity index (χ0v) is 20.0. The predicted octanol–water partition coefficient (Wildman–Crippen LogP) is 1.75. The quantitative estimate of drug-likeness (QED) is 0.234. The van der Waals surface area contributed by atoms with E-state index in [-0.39, 0.29) is 33.7 Å². The molecule has 1 unspecified atom stereocenters. The first-order chi connectivity index (χ1) is 15.9. The standard InChI is InChI=1S/C22H24F2N7O2P/c1-12-6-13(11-28-10-12)30-20(32)19(31(27)16-7-14(23)18(34)8-15(16)26)17(9-22(2,3)24)29(5-4-25)21(30)33/h6-8,10-11H,5,9,26-27,34H2,1-3H3. The molecule has 1 atom stereocenters. The minimum Gasteiger partial charge on any atom is -0.397 e. The number of alkyl halides is 1. The van der Waals surface area contributed by atoms with Crippen molar-refractivity contribution < 1.29 is 8.78 Å². The highest BCUT2D eigenvalue weighted by Crippen LogP contribution is 2.30. The number of nitrogens with two attached hydrogens (primary N) is 2. The molecule has 3 aromatic rings. The van der Waals surface area contributed by atoms with E-state index in [9.17, 15) is 23.6 Å². The van der Waals surface area contributed by atoms with Crippen molar-refractivity contribution >= 4 is 31.6 Å². The van der Waals surface area contributed by atoms with Crippen LogP contribution in [0, 0.1) is 24.1 Å². The second kappa shape index (κ2) is 9.33. The zero-order valence-electron chi connectivity index (χ0n) is 18.8. The summed E-state index contributed by atoms with van der Waals surface area (Å²) < 4.78 is 30.9. The number of rotatable bonds is 6. The largest absolute Gasteiger partial charge is 0.397 e. The van der Waals surface area contributed by atoms with Crippen molar-refractivity contribution in [1.82, 2.24) is 14.1 Å². The number of nitrogen functional groups attached to an aromatic ring is 1. The van der Waals surface area contributed by atoms with Crippen molar-refractivity contribution in [2.24, 2.45) is 5.84 Å². The monoisotopic (exact) mass is 487 g/mol. The van der Waals surface area contributed by atoms with Crippen LogP contribution in [0.3, 0.4) is 0 Å². The lowest BCUT2D eigenvalue weighted by Gasteiger charge is -2.27. The summed E-state index contributed by atoms with van der Waals surface area (Å²) in [6, 6.07) is 5.74. The van der Waals surface area contributed by atoms with Gasteiger partial charge in [-0.2, -0.15) is 5.26 Å². The first-order valence-corrected chi connectivity index (χ1v) is 10.7. The number of halogens is 2. The lowest BCUT2D eigenvalue weighted by atomic mass is 10.0. The normalized spacial score (nSPS) is 11.4. The second-order valence-electron chi connectivity index (χ2n) is 8.38. The van der Waals surface area contributed by atoms with Crippen LogP contribution in [-0.2, 0) is 13.0 Å². The fourth-order valence-electron chi connectivity index (χ4n) is 3.55. The number of aromatic nitrogens is 3. The van der Waals surface area contributed by atoms with Crippen LogP contribution in [0.5, 0.6) is 0 Å². The van der Waals surface area contributed by atoms with Crippen LogP contribution >= 0.6 is 9.24 Å². The molecule has 1 aromatic carbocycles. The number of nitrogens with zero attached hydrogens (tertiary/aromatic N) is 5. The van der Waals surface area contributed by atoms with Gasteiger partial charge in [-0.1, -0.05) is 0 Å². The van der Waals surface area contributed by atoms with E-state index in [0.29, 0.717) is 5.56 Å². The molecule has 3 rings (SSSR count). The van der Waals surface area contributed by atoms with Crippen LogP contribution in [0.4, 0.5) is 25.8 Å². The van der Waals surface area contributed by atoms with Crippen LogP contribution in [0.25, 0.3) is 5.69 Å². The molecule has 4 N–H and O–H groups in total. The van der Waals surface area contributed by atoms with Crippen molar-refractivity contribution in [3.05, 3.63) is 68.5 Å². The molecule has 0 fully saturated rings. The molecule has 2 heterocycles. The van der Waals surface area contributed by atoms with Crippen LogP contribution in [0.1, 0.15) is 25.1 Å². The third kappa shape index (κ3) is 4.83. The number of hydrazine groups is 1. The van der Waals surface area contributed by atoms with Crippen molar-refractivity contribution in [2.45, 2.75) is 39.4 Å². The second-order valence-corrected chi connectivity index (χ2v) is 9.00. The van der Waals surface area contributed by atoms with Gasteiger partial charge >= 0.3 is 5.69 Å². The lowest BCUT2D eigenvalue weighted by Crippen LogP contribution is -2.46. The molecule has 0 radical (unpaired) electrons. The van der Waals surface area contributed by atoms with Gasteiger partial charge in [0.1, 0.15) is 23.7 Å². The molecule has 0 saturated heterocycles. The first-order valence-electron chi connectivity index (χ1n) is 10.1. The third-order valence-corrected chi connectivity index (χ3v) is 5.45. The summed E-state index contributed by atoms with van der Waals surface area (Å²) in [6.45, 7) is 3.75. The number of aryl methyl sites for hydroxylation is 1. The number of benzene rings is 1. The molecular formula is C22H24F2N7O2P. The van der Waals surface area contributed by atoms with Crippen LogP contribution in [-0.4, -0.2) is 19.8 Å². The van der Waals surface area contributed by atoms with Gasteiger partial charge < -0.3 is 5.73 Å². The Hall–Kier alpha value is -3.61. The maximum absolute atomic E-state index is 14.8. The Morgan fingerprint density at radius 3 is 2.53 bits per heavy atom. The number of anilines is 3. The van der Waals surface area contributed by atoms with Crippen molar-refractivity contribution in [2.75, 3.05) is 10.7 Å². The summed E-state index contributed by atoms with van der Waals surface area (Å²) in [5, 5.41) is 10.4. The van der Waals surface area contributed by atoms with Crippen LogP contribution in [0.2, 0.25) is 0 Å². The topological polar surface area (TPSA) is 136 Å². The summed E-state index contributed by atoms with van der Waals surface area (Å²) in [4.78, 5) is 31.1. The molecule has 2 aromatic heterocycles. The molecule has 34 heavy (non-hydrogen) atoms. The fourth-order valence-corrected chi connectivity index (χ4v) is 3.81. The van der Waals surface area contributed by atoms with E-state index in [1.54, 1.807) is 13.0 Å². The Balaban J connectivity index is 2.47. The van der Waals surface area contributed by atoms with Crippen molar-refractivity contribution in [3.8, 4) is 11.8 Å². The molecule has 178 valence electrons. The van der Waals surface area contributed by atoms with Gasteiger partial charge in [0.15, 0.2) is 0 Å². The molecule has 9 nitrogen and oxygen atoms in total. The van der Waals surface area contributed by atoms with Gasteiger partial charge in [-0.05, 0) is 38.5 Å². The van der Waals surface area contributed by atoms with Crippen molar-refractivity contribution in [1.29, 1.82) is 5.26 Å². The Labute approximate surface area is 196 Å². The minimum absolute atomic E-state index is 0.0422. The summed E-state index contributed by atoms with van der Waals surface area (Å²) >= 11 is 0. The highest BCUT2D eigenvalue weighted by molar-refractivity contribution is 7.27. The Kier molecular flexibility index (Phi) is 6.87. The average molecular weight is 487 g/mol. The number of nitriles is 1. The molecule has 0 aliphatic carbocycles. The SMILES string of the molecule is Cc1cncc(-n2c(=O)c(N(N)c3cc(F)c(P)cc3N)c(CC(C)(C)F)n(CC#N)c2=O)c1. The average Bonchev–Trinajstić information content (AvgIpc) is 2.72.